The third kappa shape index (κ3) is 6.01. The molecule has 8 heteroatoms. The number of hydrogen-bond donors (Lipinski definition) is 1. The van der Waals surface area contributed by atoms with Crippen LogP contribution in [0.5, 0.6) is 0 Å². The third-order valence-corrected chi connectivity index (χ3v) is 7.47. The second-order valence-electron chi connectivity index (χ2n) is 8.38. The van der Waals surface area contributed by atoms with Crippen LogP contribution in [0.3, 0.4) is 0 Å². The van der Waals surface area contributed by atoms with E-state index in [2.05, 4.69) is 24.1 Å². The molecule has 2 fully saturated rings. The normalized spacial score (nSPS) is 22.7. The van der Waals surface area contributed by atoms with Crippen LogP contribution in [0.2, 0.25) is 0 Å². The van der Waals surface area contributed by atoms with Crippen molar-refractivity contribution in [3.8, 4) is 0 Å². The summed E-state index contributed by atoms with van der Waals surface area (Å²) in [5.41, 5.74) is 0. The van der Waals surface area contributed by atoms with Gasteiger partial charge in [-0.15, -0.1) is 0 Å². The van der Waals surface area contributed by atoms with E-state index in [4.69, 9.17) is 4.74 Å². The zero-order valence-electron chi connectivity index (χ0n) is 17.4. The van der Waals surface area contributed by atoms with E-state index in [1.807, 2.05) is 0 Å². The van der Waals surface area contributed by atoms with Gasteiger partial charge in [-0.1, -0.05) is 32.0 Å². The van der Waals surface area contributed by atoms with Crippen LogP contribution in [-0.4, -0.2) is 75.5 Å². The van der Waals surface area contributed by atoms with Gasteiger partial charge in [0.1, 0.15) is 0 Å². The van der Waals surface area contributed by atoms with Crippen molar-refractivity contribution < 1.29 is 17.9 Å². The Hall–Kier alpha value is -1.48. The number of carbonyl (C=O) groups is 1. The molecule has 1 N–H and O–H groups in total. The predicted molar refractivity (Wildman–Crippen MR) is 112 cm³/mol. The van der Waals surface area contributed by atoms with Gasteiger partial charge in [0.15, 0.2) is 0 Å². The number of piperidine rings is 1. The fourth-order valence-electron chi connectivity index (χ4n) is 4.04. The molecular weight excluding hydrogens is 390 g/mol. The highest BCUT2D eigenvalue weighted by molar-refractivity contribution is 7.89. The van der Waals surface area contributed by atoms with Crippen LogP contribution in [0.25, 0.3) is 0 Å². The van der Waals surface area contributed by atoms with Crippen LogP contribution in [0.1, 0.15) is 26.7 Å². The smallest absolute Gasteiger partial charge is 0.243 e. The van der Waals surface area contributed by atoms with Crippen LogP contribution < -0.4 is 5.32 Å². The molecule has 162 valence electrons. The first-order valence-corrected chi connectivity index (χ1v) is 12.0. The molecule has 3 rings (SSSR count). The molecule has 1 unspecified atom stereocenters. The Labute approximate surface area is 174 Å². The molecule has 0 saturated carbocycles. The molecule has 1 amide bonds. The maximum absolute atomic E-state index is 12.7. The highest BCUT2D eigenvalue weighted by atomic mass is 32.2. The van der Waals surface area contributed by atoms with E-state index in [0.717, 1.165) is 19.6 Å². The molecule has 29 heavy (non-hydrogen) atoms. The molecule has 1 atom stereocenters. The molecule has 0 spiro atoms. The van der Waals surface area contributed by atoms with Gasteiger partial charge in [-0.3, -0.25) is 9.69 Å². The molecule has 1 aromatic carbocycles. The molecule has 0 bridgehead atoms. The lowest BCUT2D eigenvalue weighted by Crippen LogP contribution is -2.50. The number of nitrogens with one attached hydrogen (secondary N) is 1. The van der Waals surface area contributed by atoms with Crippen molar-refractivity contribution in [2.45, 2.75) is 37.7 Å². The van der Waals surface area contributed by atoms with Crippen molar-refractivity contribution in [3.05, 3.63) is 30.3 Å². The van der Waals surface area contributed by atoms with Gasteiger partial charge in [0.05, 0.1) is 17.6 Å². The van der Waals surface area contributed by atoms with Crippen LogP contribution in [0.4, 0.5) is 0 Å². The molecule has 0 aliphatic carbocycles. The zero-order valence-corrected chi connectivity index (χ0v) is 18.2. The second kappa shape index (κ2) is 10.0. The largest absolute Gasteiger partial charge is 0.374 e. The van der Waals surface area contributed by atoms with Gasteiger partial charge in [0.25, 0.3) is 0 Å². The van der Waals surface area contributed by atoms with Gasteiger partial charge in [-0.05, 0) is 30.9 Å². The topological polar surface area (TPSA) is 79.0 Å². The number of amides is 1. The molecule has 7 nitrogen and oxygen atoms in total. The maximum atomic E-state index is 12.7. The van der Waals surface area contributed by atoms with E-state index in [9.17, 15) is 13.2 Å². The molecule has 2 saturated heterocycles. The minimum atomic E-state index is -3.48. The molecular formula is C21H33N3O4S. The summed E-state index contributed by atoms with van der Waals surface area (Å²) < 4.78 is 32.7. The van der Waals surface area contributed by atoms with Gasteiger partial charge in [0.2, 0.25) is 15.9 Å². The van der Waals surface area contributed by atoms with Crippen LogP contribution in [-0.2, 0) is 19.6 Å². The van der Waals surface area contributed by atoms with Crippen molar-refractivity contribution in [1.82, 2.24) is 14.5 Å². The first-order chi connectivity index (χ1) is 13.9. The minimum absolute atomic E-state index is 0.00587. The van der Waals surface area contributed by atoms with Crippen LogP contribution >= 0.6 is 0 Å². The third-order valence-electron chi connectivity index (χ3n) is 5.56. The van der Waals surface area contributed by atoms with E-state index in [-0.39, 0.29) is 17.9 Å². The van der Waals surface area contributed by atoms with E-state index in [1.165, 1.54) is 4.31 Å². The van der Waals surface area contributed by atoms with Crippen molar-refractivity contribution in [3.63, 3.8) is 0 Å². The Bertz CT molecular complexity index is 761. The molecule has 2 aliphatic rings. The number of morpholine rings is 1. The van der Waals surface area contributed by atoms with Gasteiger partial charge in [-0.2, -0.15) is 4.31 Å². The Kier molecular flexibility index (Phi) is 7.67. The van der Waals surface area contributed by atoms with Crippen LogP contribution in [0.15, 0.2) is 35.2 Å². The predicted octanol–water partition coefficient (Wildman–Crippen LogP) is 1.56. The summed E-state index contributed by atoms with van der Waals surface area (Å²) in [4.78, 5) is 15.3. The Morgan fingerprint density at radius 3 is 2.52 bits per heavy atom. The number of benzene rings is 1. The number of rotatable bonds is 7. The van der Waals surface area contributed by atoms with Gasteiger partial charge in [0, 0.05) is 45.2 Å². The van der Waals surface area contributed by atoms with Gasteiger partial charge < -0.3 is 10.1 Å². The summed E-state index contributed by atoms with van der Waals surface area (Å²) in [6.07, 6.45) is 1.11. The lowest BCUT2D eigenvalue weighted by atomic mass is 9.97. The fraction of sp³-hybridized carbons (Fsp3) is 0.667. The van der Waals surface area contributed by atoms with Gasteiger partial charge in [-0.25, -0.2) is 8.42 Å². The first kappa shape index (κ1) is 22.2. The van der Waals surface area contributed by atoms with E-state index >= 15 is 0 Å². The van der Waals surface area contributed by atoms with Crippen LogP contribution in [0, 0.1) is 11.8 Å². The Morgan fingerprint density at radius 2 is 1.86 bits per heavy atom. The lowest BCUT2D eigenvalue weighted by molar-refractivity contribution is -0.127. The molecule has 0 radical (unpaired) electrons. The quantitative estimate of drug-likeness (QED) is 0.720. The Morgan fingerprint density at radius 1 is 1.17 bits per heavy atom. The highest BCUT2D eigenvalue weighted by Gasteiger charge is 2.32. The second-order valence-corrected chi connectivity index (χ2v) is 10.3. The summed E-state index contributed by atoms with van der Waals surface area (Å²) in [6.45, 7) is 9.19. The number of nitrogens with zero attached hydrogens (tertiary/aromatic N) is 2. The number of hydrogen-bond acceptors (Lipinski definition) is 5. The summed E-state index contributed by atoms with van der Waals surface area (Å²) in [5, 5.41) is 3.02. The van der Waals surface area contributed by atoms with Crippen molar-refractivity contribution >= 4 is 15.9 Å². The summed E-state index contributed by atoms with van der Waals surface area (Å²) in [7, 11) is -3.48. The number of ether oxygens (including phenoxy) is 1. The van der Waals surface area contributed by atoms with Crippen molar-refractivity contribution in [2.24, 2.45) is 11.8 Å². The first-order valence-electron chi connectivity index (χ1n) is 10.5. The lowest BCUT2D eigenvalue weighted by Gasteiger charge is -2.34. The average molecular weight is 424 g/mol. The van der Waals surface area contributed by atoms with E-state index in [0.29, 0.717) is 49.9 Å². The minimum Gasteiger partial charge on any atom is -0.374 e. The number of carbonyl (C=O) groups excluding carboxylic acids is 1. The Balaban J connectivity index is 1.44. The number of sulfonamides is 1. The van der Waals surface area contributed by atoms with Crippen molar-refractivity contribution in [2.75, 3.05) is 45.9 Å². The summed E-state index contributed by atoms with van der Waals surface area (Å²) in [6, 6.07) is 8.47. The standard InChI is InChI=1S/C21H33N3O4S/c1-17(2)15-23-12-13-28-19(16-23)14-22-21(25)18-8-10-24(11-9-18)29(26,27)20-6-4-3-5-7-20/h3-7,17-19H,8-16H2,1-2H3,(H,22,25). The SMILES string of the molecule is CC(C)CN1CCOC(CNC(=O)C2CCN(S(=O)(=O)c3ccccc3)CC2)C1. The van der Waals surface area contributed by atoms with Crippen molar-refractivity contribution in [1.29, 1.82) is 0 Å². The molecule has 2 aliphatic heterocycles. The summed E-state index contributed by atoms with van der Waals surface area (Å²) >= 11 is 0. The zero-order chi connectivity index (χ0) is 20.9. The highest BCUT2D eigenvalue weighted by Crippen LogP contribution is 2.24. The molecule has 0 aromatic heterocycles. The molecule has 1 aromatic rings. The molecule has 2 heterocycles. The monoisotopic (exact) mass is 423 g/mol. The van der Waals surface area contributed by atoms with Gasteiger partial charge >= 0.3 is 0 Å². The summed E-state index contributed by atoms with van der Waals surface area (Å²) in [5.74, 6) is 0.472. The maximum Gasteiger partial charge on any atom is 0.243 e. The van der Waals surface area contributed by atoms with E-state index in [1.54, 1.807) is 30.3 Å². The van der Waals surface area contributed by atoms with E-state index < -0.39 is 10.0 Å². The fourth-order valence-corrected chi connectivity index (χ4v) is 5.54. The average Bonchev–Trinajstić information content (AvgIpc) is 2.72.